The molecule has 0 bridgehead atoms. The van der Waals surface area contributed by atoms with Crippen LogP contribution in [0.1, 0.15) is 46.6 Å². The Labute approximate surface area is 157 Å². The van der Waals surface area contributed by atoms with Crippen LogP contribution in [-0.2, 0) is 4.79 Å². The summed E-state index contributed by atoms with van der Waals surface area (Å²) in [6.07, 6.45) is 1.60. The molecule has 26 heavy (non-hydrogen) atoms. The number of hydrogen-bond donors (Lipinski definition) is 1. The van der Waals surface area contributed by atoms with E-state index in [-0.39, 0.29) is 17.9 Å². The second kappa shape index (κ2) is 7.30. The molecule has 0 aliphatic carbocycles. The topological polar surface area (TPSA) is 57.6 Å². The first-order chi connectivity index (χ1) is 12.5. The van der Waals surface area contributed by atoms with Gasteiger partial charge in [0.2, 0.25) is 5.78 Å². The summed E-state index contributed by atoms with van der Waals surface area (Å²) in [6.45, 7) is 8.16. The van der Waals surface area contributed by atoms with Crippen LogP contribution in [0.3, 0.4) is 0 Å². The zero-order valence-corrected chi connectivity index (χ0v) is 15.6. The van der Waals surface area contributed by atoms with Crippen molar-refractivity contribution in [3.63, 3.8) is 0 Å². The average molecular weight is 367 g/mol. The number of amides is 1. The fraction of sp³-hybridized carbons (Fsp3) is 0.238. The molecular formula is C21H21NO3S. The Morgan fingerprint density at radius 1 is 1.31 bits per heavy atom. The van der Waals surface area contributed by atoms with Crippen molar-refractivity contribution < 1.29 is 14.7 Å². The van der Waals surface area contributed by atoms with E-state index in [0.29, 0.717) is 10.8 Å². The lowest BCUT2D eigenvalue weighted by Crippen LogP contribution is -2.31. The number of benzene rings is 1. The predicted molar refractivity (Wildman–Crippen MR) is 103 cm³/mol. The first kappa shape index (κ1) is 18.1. The number of carbonyl (C=O) groups is 2. The first-order valence-corrected chi connectivity index (χ1v) is 9.36. The van der Waals surface area contributed by atoms with Crippen LogP contribution in [0.15, 0.2) is 65.8 Å². The predicted octanol–water partition coefficient (Wildman–Crippen LogP) is 4.64. The molecule has 1 aliphatic heterocycles. The van der Waals surface area contributed by atoms with Crippen LogP contribution >= 0.6 is 11.3 Å². The molecule has 2 heterocycles. The van der Waals surface area contributed by atoms with Crippen molar-refractivity contribution in [1.82, 2.24) is 4.90 Å². The molecule has 1 N–H and O–H groups in total. The summed E-state index contributed by atoms with van der Waals surface area (Å²) >= 11 is 1.29. The van der Waals surface area contributed by atoms with Crippen molar-refractivity contribution in [1.29, 1.82) is 0 Å². The number of thiophene rings is 1. The highest BCUT2D eigenvalue weighted by molar-refractivity contribution is 7.12. The number of Topliss-reactive ketones (excluding diaryl/α,β-unsaturated/α-hetero) is 1. The SMILES string of the molecule is C=CCN1C(=O)C(O)=C(C(=O)c2cccs2)[C@@H]1c1ccc(C(C)C)cc1. The fourth-order valence-electron chi connectivity index (χ4n) is 3.16. The Balaban J connectivity index is 2.08. The largest absolute Gasteiger partial charge is 0.503 e. The van der Waals surface area contributed by atoms with Gasteiger partial charge >= 0.3 is 0 Å². The molecule has 4 nitrogen and oxygen atoms in total. The molecule has 1 aliphatic rings. The van der Waals surface area contributed by atoms with Gasteiger partial charge in [-0.15, -0.1) is 17.9 Å². The van der Waals surface area contributed by atoms with Gasteiger partial charge in [-0.2, -0.15) is 0 Å². The summed E-state index contributed by atoms with van der Waals surface area (Å²) in [5.41, 5.74) is 2.11. The van der Waals surface area contributed by atoms with Crippen molar-refractivity contribution in [2.75, 3.05) is 6.54 Å². The molecule has 0 fully saturated rings. The molecule has 1 aromatic heterocycles. The maximum absolute atomic E-state index is 13.0. The van der Waals surface area contributed by atoms with E-state index in [2.05, 4.69) is 20.4 Å². The van der Waals surface area contributed by atoms with Gasteiger partial charge in [-0.1, -0.05) is 50.3 Å². The minimum atomic E-state index is -0.615. The lowest BCUT2D eigenvalue weighted by atomic mass is 9.93. The molecule has 0 spiro atoms. The Bertz CT molecular complexity index is 863. The summed E-state index contributed by atoms with van der Waals surface area (Å²) < 4.78 is 0. The van der Waals surface area contributed by atoms with E-state index in [1.165, 1.54) is 21.8 Å². The normalized spacial score (nSPS) is 17.3. The summed E-state index contributed by atoms with van der Waals surface area (Å²) in [4.78, 5) is 27.5. The number of carbonyl (C=O) groups excluding carboxylic acids is 2. The lowest BCUT2D eigenvalue weighted by Gasteiger charge is -2.25. The Kier molecular flexibility index (Phi) is 5.09. The molecule has 1 atom stereocenters. The molecule has 0 unspecified atom stereocenters. The van der Waals surface area contributed by atoms with Crippen LogP contribution in [0.5, 0.6) is 0 Å². The van der Waals surface area contributed by atoms with E-state index < -0.39 is 17.7 Å². The van der Waals surface area contributed by atoms with Crippen LogP contribution in [0.2, 0.25) is 0 Å². The Morgan fingerprint density at radius 3 is 2.54 bits per heavy atom. The van der Waals surface area contributed by atoms with E-state index >= 15 is 0 Å². The first-order valence-electron chi connectivity index (χ1n) is 8.48. The monoisotopic (exact) mass is 367 g/mol. The third-order valence-corrected chi connectivity index (χ3v) is 5.41. The van der Waals surface area contributed by atoms with Crippen LogP contribution in [0, 0.1) is 0 Å². The van der Waals surface area contributed by atoms with Gasteiger partial charge in [-0.25, -0.2) is 0 Å². The maximum Gasteiger partial charge on any atom is 0.290 e. The molecule has 1 amide bonds. The van der Waals surface area contributed by atoms with Gasteiger partial charge in [0.1, 0.15) is 0 Å². The van der Waals surface area contributed by atoms with Crippen molar-refractivity contribution in [3.8, 4) is 0 Å². The molecule has 0 radical (unpaired) electrons. The van der Waals surface area contributed by atoms with E-state index in [4.69, 9.17) is 0 Å². The van der Waals surface area contributed by atoms with Crippen LogP contribution in [0.25, 0.3) is 0 Å². The smallest absolute Gasteiger partial charge is 0.290 e. The third kappa shape index (κ3) is 3.10. The third-order valence-electron chi connectivity index (χ3n) is 4.54. The summed E-state index contributed by atoms with van der Waals surface area (Å²) in [7, 11) is 0. The summed E-state index contributed by atoms with van der Waals surface area (Å²) in [6, 6.07) is 10.7. The average Bonchev–Trinajstić information content (AvgIpc) is 3.25. The molecule has 0 saturated heterocycles. The van der Waals surface area contributed by atoms with E-state index in [1.54, 1.807) is 23.6 Å². The number of rotatable bonds is 6. The molecule has 3 rings (SSSR count). The van der Waals surface area contributed by atoms with E-state index in [1.807, 2.05) is 24.3 Å². The van der Waals surface area contributed by atoms with Crippen molar-refractivity contribution in [2.24, 2.45) is 0 Å². The number of ketones is 1. The standard InChI is InChI=1S/C21H21NO3S/c1-4-11-22-18(15-9-7-14(8-10-15)13(2)3)17(20(24)21(22)25)19(23)16-6-5-12-26-16/h4-10,12-13,18,24H,1,11H2,2-3H3/t18-/m0/s1. The van der Waals surface area contributed by atoms with Gasteiger partial charge in [0, 0.05) is 6.54 Å². The number of nitrogens with zero attached hydrogens (tertiary/aromatic N) is 1. The highest BCUT2D eigenvalue weighted by Gasteiger charge is 2.43. The zero-order valence-electron chi connectivity index (χ0n) is 14.8. The molecule has 1 aromatic carbocycles. The van der Waals surface area contributed by atoms with Gasteiger partial charge in [-0.3, -0.25) is 9.59 Å². The zero-order chi connectivity index (χ0) is 18.8. The number of aliphatic hydroxyl groups is 1. The number of hydrogen-bond acceptors (Lipinski definition) is 4. The second-order valence-electron chi connectivity index (χ2n) is 6.54. The van der Waals surface area contributed by atoms with Gasteiger partial charge in [0.05, 0.1) is 16.5 Å². The second-order valence-corrected chi connectivity index (χ2v) is 7.49. The van der Waals surface area contributed by atoms with Crippen LogP contribution < -0.4 is 0 Å². The molecule has 2 aromatic rings. The number of aliphatic hydroxyl groups excluding tert-OH is 1. The molecule has 5 heteroatoms. The molecule has 134 valence electrons. The van der Waals surface area contributed by atoms with Crippen molar-refractivity contribution in [2.45, 2.75) is 25.8 Å². The van der Waals surface area contributed by atoms with Crippen molar-refractivity contribution in [3.05, 3.63) is 81.8 Å². The van der Waals surface area contributed by atoms with Crippen LogP contribution in [0.4, 0.5) is 0 Å². The van der Waals surface area contributed by atoms with Gasteiger partial charge < -0.3 is 10.0 Å². The lowest BCUT2D eigenvalue weighted by molar-refractivity contribution is -0.128. The molecular weight excluding hydrogens is 346 g/mol. The van der Waals surface area contributed by atoms with Crippen LogP contribution in [-0.4, -0.2) is 28.2 Å². The minimum Gasteiger partial charge on any atom is -0.503 e. The fourth-order valence-corrected chi connectivity index (χ4v) is 3.84. The van der Waals surface area contributed by atoms with E-state index in [0.717, 1.165) is 5.56 Å². The highest BCUT2D eigenvalue weighted by Crippen LogP contribution is 2.39. The molecule has 0 saturated carbocycles. The Morgan fingerprint density at radius 2 is 2.00 bits per heavy atom. The summed E-state index contributed by atoms with van der Waals surface area (Å²) in [5.74, 6) is -0.934. The van der Waals surface area contributed by atoms with Crippen molar-refractivity contribution >= 4 is 23.0 Å². The van der Waals surface area contributed by atoms with Gasteiger partial charge in [0.15, 0.2) is 5.76 Å². The minimum absolute atomic E-state index is 0.136. The van der Waals surface area contributed by atoms with Gasteiger partial charge in [-0.05, 0) is 28.5 Å². The maximum atomic E-state index is 13.0. The van der Waals surface area contributed by atoms with Gasteiger partial charge in [0.25, 0.3) is 5.91 Å². The highest BCUT2D eigenvalue weighted by atomic mass is 32.1. The quantitative estimate of drug-likeness (QED) is 0.598. The Hall–Kier alpha value is -2.66. The summed E-state index contributed by atoms with van der Waals surface area (Å²) in [5, 5.41) is 12.2. The van der Waals surface area contributed by atoms with E-state index in [9.17, 15) is 14.7 Å².